The number of sulfonamides is 2. The minimum Gasteiger partial charge on any atom is -0.477 e. The molecule has 3 rings (SSSR count). The minimum absolute atomic E-state index is 0.00414. The van der Waals surface area contributed by atoms with Crippen LogP contribution in [-0.2, 0) is 27.1 Å². The van der Waals surface area contributed by atoms with Gasteiger partial charge in [-0.2, -0.15) is 8.42 Å². The lowest BCUT2D eigenvalue weighted by Crippen LogP contribution is -2.20. The summed E-state index contributed by atoms with van der Waals surface area (Å²) in [5.74, 6) is -1.31. The molecule has 0 unspecified atom stereocenters. The number of carbonyl (C=O) groups is 1. The van der Waals surface area contributed by atoms with Gasteiger partial charge in [0.2, 0.25) is 0 Å². The number of aromatic nitrogens is 1. The molecule has 0 saturated carbocycles. The molecular weight excluding hydrogens is 497 g/mol. The molecule has 0 aliphatic rings. The molecule has 3 aromatic rings. The largest absolute Gasteiger partial charge is 0.477 e. The zero-order valence-corrected chi connectivity index (χ0v) is 18.9. The van der Waals surface area contributed by atoms with Crippen LogP contribution in [0.2, 0.25) is 10.0 Å². The number of hydrogen-bond acceptors (Lipinski definition) is 6. The predicted molar refractivity (Wildman–Crippen MR) is 115 cm³/mol. The van der Waals surface area contributed by atoms with Gasteiger partial charge in [-0.3, -0.25) is 9.44 Å². The summed E-state index contributed by atoms with van der Waals surface area (Å²) in [5, 5.41) is 10.3. The van der Waals surface area contributed by atoms with E-state index in [0.29, 0.717) is 0 Å². The van der Waals surface area contributed by atoms with Gasteiger partial charge >= 0.3 is 5.97 Å². The Hall–Kier alpha value is -2.25. The summed E-state index contributed by atoms with van der Waals surface area (Å²) in [6.45, 7) is 0. The third-order valence-electron chi connectivity index (χ3n) is 3.88. The zero-order valence-electron chi connectivity index (χ0n) is 15.0. The van der Waals surface area contributed by atoms with Gasteiger partial charge in [-0.05, 0) is 35.7 Å². The van der Waals surface area contributed by atoms with Crippen molar-refractivity contribution in [2.75, 3.05) is 9.44 Å². The molecule has 0 spiro atoms. The molecule has 0 bridgehead atoms. The first-order chi connectivity index (χ1) is 13.9. The Kier molecular flexibility index (Phi) is 6.07. The maximum Gasteiger partial charge on any atom is 0.352 e. The summed E-state index contributed by atoms with van der Waals surface area (Å²) in [4.78, 5) is 11.2. The highest BCUT2D eigenvalue weighted by atomic mass is 35.5. The van der Waals surface area contributed by atoms with Crippen LogP contribution in [0.25, 0.3) is 0 Å². The average Bonchev–Trinajstić information content (AvgIpc) is 3.29. The van der Waals surface area contributed by atoms with Gasteiger partial charge in [-0.1, -0.05) is 29.3 Å². The van der Waals surface area contributed by atoms with Gasteiger partial charge in [0.25, 0.3) is 20.0 Å². The quantitative estimate of drug-likeness (QED) is 0.444. The number of aromatic carboxylic acids is 1. The Morgan fingerprint density at radius 2 is 1.57 bits per heavy atom. The smallest absolute Gasteiger partial charge is 0.352 e. The highest BCUT2D eigenvalue weighted by Gasteiger charge is 2.25. The molecular formula is C16H13Cl2N3O6S3. The molecule has 0 radical (unpaired) electrons. The van der Waals surface area contributed by atoms with Crippen LogP contribution in [0.15, 0.2) is 51.0 Å². The highest BCUT2D eigenvalue weighted by molar-refractivity contribution is 7.94. The van der Waals surface area contributed by atoms with E-state index in [1.165, 1.54) is 19.2 Å². The third kappa shape index (κ3) is 4.42. The van der Waals surface area contributed by atoms with E-state index in [2.05, 4.69) is 9.44 Å². The average molecular weight is 510 g/mol. The Morgan fingerprint density at radius 1 is 1.00 bits per heavy atom. The molecule has 2 aromatic heterocycles. The van der Waals surface area contributed by atoms with Crippen molar-refractivity contribution in [3.63, 3.8) is 0 Å². The van der Waals surface area contributed by atoms with E-state index in [0.717, 1.165) is 34.1 Å². The molecule has 3 N–H and O–H groups in total. The van der Waals surface area contributed by atoms with Gasteiger partial charge in [0, 0.05) is 7.05 Å². The second-order valence-electron chi connectivity index (χ2n) is 5.88. The number of thiophene rings is 1. The standard InChI is InChI=1S/C16H13Cl2N3O6S3/c1-21-13(16(22)23)4-5-14(21)29(24,25)19-11-7-9(17)10(18)8-12(11)20-30(26,27)15-3-2-6-28-15/h2-8,19-20H,1H3,(H,22,23). The van der Waals surface area contributed by atoms with E-state index < -0.39 is 26.0 Å². The molecule has 0 amide bonds. The van der Waals surface area contributed by atoms with Crippen molar-refractivity contribution in [3.8, 4) is 0 Å². The summed E-state index contributed by atoms with van der Waals surface area (Å²) in [7, 11) is -7.04. The molecule has 1 aromatic carbocycles. The predicted octanol–water partition coefficient (Wildman–Crippen LogP) is 3.69. The molecule has 14 heteroatoms. The van der Waals surface area contributed by atoms with Crippen molar-refractivity contribution < 1.29 is 26.7 Å². The first-order valence-electron chi connectivity index (χ1n) is 7.89. The lowest BCUT2D eigenvalue weighted by Gasteiger charge is -2.16. The second-order valence-corrected chi connectivity index (χ2v) is 11.2. The van der Waals surface area contributed by atoms with Crippen LogP contribution in [-0.4, -0.2) is 32.5 Å². The van der Waals surface area contributed by atoms with E-state index in [1.54, 1.807) is 11.4 Å². The van der Waals surface area contributed by atoms with Crippen molar-refractivity contribution in [2.24, 2.45) is 7.05 Å². The molecule has 30 heavy (non-hydrogen) atoms. The first-order valence-corrected chi connectivity index (χ1v) is 12.5. The van der Waals surface area contributed by atoms with Gasteiger partial charge in [0.15, 0.2) is 5.03 Å². The number of nitrogens with one attached hydrogen (secondary N) is 2. The van der Waals surface area contributed by atoms with Crippen LogP contribution in [0, 0.1) is 0 Å². The summed E-state index contributed by atoms with van der Waals surface area (Å²) in [5.41, 5.74) is -0.597. The number of benzene rings is 1. The fourth-order valence-corrected chi connectivity index (χ4v) is 6.16. The summed E-state index contributed by atoms with van der Waals surface area (Å²) in [6, 6.07) is 7.49. The van der Waals surface area contributed by atoms with E-state index in [1.807, 2.05) is 0 Å². The number of carboxylic acids is 1. The number of hydrogen-bond donors (Lipinski definition) is 3. The number of nitrogens with zero attached hydrogens (tertiary/aromatic N) is 1. The van der Waals surface area contributed by atoms with Gasteiger partial charge in [-0.15, -0.1) is 11.3 Å². The summed E-state index contributed by atoms with van der Waals surface area (Å²) in [6.07, 6.45) is 0. The van der Waals surface area contributed by atoms with Crippen LogP contribution < -0.4 is 9.44 Å². The Bertz CT molecular complexity index is 1330. The lowest BCUT2D eigenvalue weighted by atomic mass is 10.3. The maximum atomic E-state index is 12.8. The summed E-state index contributed by atoms with van der Waals surface area (Å²) >= 11 is 12.9. The molecule has 0 atom stereocenters. The molecule has 2 heterocycles. The van der Waals surface area contributed by atoms with E-state index >= 15 is 0 Å². The van der Waals surface area contributed by atoms with Gasteiger partial charge in [0.1, 0.15) is 9.90 Å². The topological polar surface area (TPSA) is 135 Å². The fraction of sp³-hybridized carbons (Fsp3) is 0.0625. The van der Waals surface area contributed by atoms with Crippen LogP contribution in [0.3, 0.4) is 0 Å². The summed E-state index contributed by atoms with van der Waals surface area (Å²) < 4.78 is 56.2. The Morgan fingerprint density at radius 3 is 2.03 bits per heavy atom. The number of rotatable bonds is 7. The van der Waals surface area contributed by atoms with Crippen LogP contribution >= 0.6 is 34.5 Å². The van der Waals surface area contributed by atoms with E-state index in [-0.39, 0.29) is 36.3 Å². The highest BCUT2D eigenvalue weighted by Crippen LogP contribution is 2.35. The molecule has 160 valence electrons. The SMILES string of the molecule is Cn1c(C(=O)O)ccc1S(=O)(=O)Nc1cc(Cl)c(Cl)cc1NS(=O)(=O)c1cccs1. The van der Waals surface area contributed by atoms with Crippen LogP contribution in [0.1, 0.15) is 10.5 Å². The Balaban J connectivity index is 2.04. The second kappa shape index (κ2) is 8.12. The van der Waals surface area contributed by atoms with Crippen molar-refractivity contribution in [1.29, 1.82) is 0 Å². The van der Waals surface area contributed by atoms with Crippen molar-refractivity contribution in [1.82, 2.24) is 4.57 Å². The first kappa shape index (κ1) is 22.4. The van der Waals surface area contributed by atoms with Crippen molar-refractivity contribution in [3.05, 3.63) is 57.5 Å². The van der Waals surface area contributed by atoms with E-state index in [4.69, 9.17) is 28.3 Å². The van der Waals surface area contributed by atoms with Crippen LogP contribution in [0.5, 0.6) is 0 Å². The molecule has 0 aliphatic carbocycles. The molecule has 0 saturated heterocycles. The number of anilines is 2. The number of halogens is 2. The van der Waals surface area contributed by atoms with E-state index in [9.17, 15) is 21.6 Å². The number of carboxylic acid groups (broad SMARTS) is 1. The van der Waals surface area contributed by atoms with Gasteiger partial charge < -0.3 is 9.67 Å². The van der Waals surface area contributed by atoms with Crippen molar-refractivity contribution in [2.45, 2.75) is 9.24 Å². The maximum absolute atomic E-state index is 12.8. The third-order valence-corrected chi connectivity index (χ3v) is 8.81. The lowest BCUT2D eigenvalue weighted by molar-refractivity contribution is 0.0685. The molecule has 0 aliphatic heterocycles. The Labute approximate surface area is 186 Å². The fourth-order valence-electron chi connectivity index (χ4n) is 2.50. The van der Waals surface area contributed by atoms with Crippen LogP contribution in [0.4, 0.5) is 11.4 Å². The van der Waals surface area contributed by atoms with Gasteiger partial charge in [0.05, 0.1) is 21.4 Å². The minimum atomic E-state index is -4.30. The van der Waals surface area contributed by atoms with Gasteiger partial charge in [-0.25, -0.2) is 13.2 Å². The zero-order chi connectivity index (χ0) is 22.3. The molecule has 0 fully saturated rings. The monoisotopic (exact) mass is 509 g/mol. The molecule has 9 nitrogen and oxygen atoms in total. The van der Waals surface area contributed by atoms with Crippen molar-refractivity contribution >= 4 is 71.9 Å². The normalized spacial score (nSPS) is 12.0.